The highest BCUT2D eigenvalue weighted by atomic mass is 32.2. The Hall–Kier alpha value is -1.56. The van der Waals surface area contributed by atoms with Crippen molar-refractivity contribution in [3.8, 4) is 0 Å². The molecule has 122 valence electrons. The molecule has 0 aliphatic heterocycles. The SMILES string of the molecule is Cc1cc(C=C2CCCCCCC2)n(OS(C)(=O)=O)c(=O)c1. The van der Waals surface area contributed by atoms with Crippen LogP contribution in [0, 0.1) is 6.92 Å². The van der Waals surface area contributed by atoms with Gasteiger partial charge in [-0.3, -0.25) is 9.08 Å². The molecule has 1 aliphatic rings. The predicted molar refractivity (Wildman–Crippen MR) is 87.2 cm³/mol. The first-order valence-electron chi connectivity index (χ1n) is 7.68. The lowest BCUT2D eigenvalue weighted by molar-refractivity contribution is 0.267. The Morgan fingerprint density at radius 3 is 2.27 bits per heavy atom. The van der Waals surface area contributed by atoms with Crippen molar-refractivity contribution in [2.75, 3.05) is 6.26 Å². The molecular formula is C16H23NO4S. The lowest BCUT2D eigenvalue weighted by atomic mass is 9.95. The molecule has 5 nitrogen and oxygen atoms in total. The zero-order valence-electron chi connectivity index (χ0n) is 13.2. The summed E-state index contributed by atoms with van der Waals surface area (Å²) in [5.41, 5.74) is 2.06. The molecule has 0 radical (unpaired) electrons. The number of allylic oxidation sites excluding steroid dienone is 1. The second-order valence-corrected chi connectivity index (χ2v) is 7.50. The molecular weight excluding hydrogens is 302 g/mol. The van der Waals surface area contributed by atoms with E-state index >= 15 is 0 Å². The minimum absolute atomic E-state index is 0.469. The maximum Gasteiger partial charge on any atom is 0.324 e. The van der Waals surface area contributed by atoms with E-state index in [-0.39, 0.29) is 0 Å². The molecule has 1 aliphatic carbocycles. The zero-order valence-corrected chi connectivity index (χ0v) is 14.0. The Kier molecular flexibility index (Phi) is 5.45. The van der Waals surface area contributed by atoms with Crippen molar-refractivity contribution in [1.29, 1.82) is 0 Å². The van der Waals surface area contributed by atoms with Gasteiger partial charge in [-0.1, -0.05) is 24.8 Å². The monoisotopic (exact) mass is 325 g/mol. The van der Waals surface area contributed by atoms with Crippen molar-refractivity contribution < 1.29 is 12.7 Å². The largest absolute Gasteiger partial charge is 0.324 e. The van der Waals surface area contributed by atoms with E-state index in [1.807, 2.05) is 13.0 Å². The number of aryl methyl sites for hydroxylation is 1. The fourth-order valence-electron chi connectivity index (χ4n) is 2.74. The van der Waals surface area contributed by atoms with Gasteiger partial charge >= 0.3 is 10.1 Å². The second-order valence-electron chi connectivity index (χ2n) is 5.94. The van der Waals surface area contributed by atoms with Crippen molar-refractivity contribution in [3.63, 3.8) is 0 Å². The minimum Gasteiger partial charge on any atom is -0.284 e. The summed E-state index contributed by atoms with van der Waals surface area (Å²) >= 11 is 0. The summed E-state index contributed by atoms with van der Waals surface area (Å²) in [7, 11) is -3.76. The molecule has 0 spiro atoms. The van der Waals surface area contributed by atoms with Gasteiger partial charge < -0.3 is 0 Å². The molecule has 1 saturated carbocycles. The van der Waals surface area contributed by atoms with Gasteiger partial charge in [0.1, 0.15) is 0 Å². The Morgan fingerprint density at radius 1 is 1.09 bits per heavy atom. The third-order valence-corrected chi connectivity index (χ3v) is 4.14. The van der Waals surface area contributed by atoms with Crippen LogP contribution in [0.1, 0.15) is 56.2 Å². The fourth-order valence-corrected chi connectivity index (χ4v) is 3.17. The lowest BCUT2D eigenvalue weighted by Gasteiger charge is -2.14. The van der Waals surface area contributed by atoms with Crippen LogP contribution in [0.15, 0.2) is 22.5 Å². The van der Waals surface area contributed by atoms with Gasteiger partial charge in [0.25, 0.3) is 5.56 Å². The summed E-state index contributed by atoms with van der Waals surface area (Å²) in [5, 5.41) is 0. The third-order valence-electron chi connectivity index (χ3n) is 3.72. The quantitative estimate of drug-likeness (QED) is 0.857. The molecule has 0 atom stereocenters. The van der Waals surface area contributed by atoms with Crippen LogP contribution in [0.25, 0.3) is 6.08 Å². The van der Waals surface area contributed by atoms with Crippen molar-refractivity contribution in [3.05, 3.63) is 39.3 Å². The van der Waals surface area contributed by atoms with Gasteiger partial charge in [0, 0.05) is 6.07 Å². The lowest BCUT2D eigenvalue weighted by Crippen LogP contribution is -2.31. The third kappa shape index (κ3) is 5.02. The molecule has 0 amide bonds. The summed E-state index contributed by atoms with van der Waals surface area (Å²) in [4.78, 5) is 12.0. The Labute approximate surface area is 131 Å². The first kappa shape index (κ1) is 16.8. The van der Waals surface area contributed by atoms with Crippen LogP contribution in [0.3, 0.4) is 0 Å². The van der Waals surface area contributed by atoms with E-state index in [0.29, 0.717) is 5.69 Å². The summed E-state index contributed by atoms with van der Waals surface area (Å²) in [6.07, 6.45) is 10.8. The van der Waals surface area contributed by atoms with E-state index in [0.717, 1.165) is 42.2 Å². The maximum atomic E-state index is 12.0. The molecule has 1 aromatic rings. The molecule has 0 bridgehead atoms. The molecule has 0 aromatic carbocycles. The molecule has 0 saturated heterocycles. The van der Waals surface area contributed by atoms with Gasteiger partial charge in [0.2, 0.25) is 0 Å². The van der Waals surface area contributed by atoms with Gasteiger partial charge in [0.15, 0.2) is 0 Å². The number of pyridine rings is 1. The van der Waals surface area contributed by atoms with Crippen LogP contribution in [0.4, 0.5) is 0 Å². The molecule has 1 aromatic heterocycles. The van der Waals surface area contributed by atoms with Crippen molar-refractivity contribution in [2.24, 2.45) is 0 Å². The molecule has 0 N–H and O–H groups in total. The van der Waals surface area contributed by atoms with E-state index in [2.05, 4.69) is 0 Å². The van der Waals surface area contributed by atoms with Gasteiger partial charge in [-0.15, -0.1) is 4.73 Å². The van der Waals surface area contributed by atoms with E-state index in [9.17, 15) is 13.2 Å². The van der Waals surface area contributed by atoms with Crippen LogP contribution >= 0.6 is 0 Å². The molecule has 22 heavy (non-hydrogen) atoms. The summed E-state index contributed by atoms with van der Waals surface area (Å²) < 4.78 is 28.5. The van der Waals surface area contributed by atoms with Crippen LogP contribution in [-0.4, -0.2) is 19.4 Å². The van der Waals surface area contributed by atoms with Crippen LogP contribution in [0.2, 0.25) is 0 Å². The minimum atomic E-state index is -3.76. The molecule has 6 heteroatoms. The topological polar surface area (TPSA) is 65.4 Å². The number of rotatable bonds is 3. The maximum absolute atomic E-state index is 12.0. The van der Waals surface area contributed by atoms with E-state index in [4.69, 9.17) is 4.28 Å². The number of hydrogen-bond donors (Lipinski definition) is 0. The van der Waals surface area contributed by atoms with Crippen LogP contribution < -0.4 is 9.84 Å². The van der Waals surface area contributed by atoms with Crippen LogP contribution in [-0.2, 0) is 10.1 Å². The van der Waals surface area contributed by atoms with Crippen LogP contribution in [0.5, 0.6) is 0 Å². The van der Waals surface area contributed by atoms with Gasteiger partial charge in [-0.2, -0.15) is 8.42 Å². The number of hydrogen-bond acceptors (Lipinski definition) is 4. The van der Waals surface area contributed by atoms with E-state index in [1.54, 1.807) is 6.07 Å². The summed E-state index contributed by atoms with van der Waals surface area (Å²) in [6, 6.07) is 3.14. The molecule has 0 unspecified atom stereocenters. The first-order chi connectivity index (χ1) is 10.3. The highest BCUT2D eigenvalue weighted by Gasteiger charge is 2.12. The summed E-state index contributed by atoms with van der Waals surface area (Å²) in [6.45, 7) is 1.81. The zero-order chi connectivity index (χ0) is 16.2. The summed E-state index contributed by atoms with van der Waals surface area (Å²) in [5.74, 6) is 0. The predicted octanol–water partition coefficient (Wildman–Crippen LogP) is 2.67. The van der Waals surface area contributed by atoms with Gasteiger partial charge in [-0.05, 0) is 50.3 Å². The normalized spacial score (nSPS) is 16.7. The molecule has 2 rings (SSSR count). The van der Waals surface area contributed by atoms with Crippen molar-refractivity contribution in [2.45, 2.75) is 51.9 Å². The van der Waals surface area contributed by atoms with E-state index in [1.165, 1.54) is 30.9 Å². The van der Waals surface area contributed by atoms with Gasteiger partial charge in [0.05, 0.1) is 11.9 Å². The highest BCUT2D eigenvalue weighted by molar-refractivity contribution is 7.86. The number of nitrogens with zero attached hydrogens (tertiary/aromatic N) is 1. The Balaban J connectivity index is 2.41. The highest BCUT2D eigenvalue weighted by Crippen LogP contribution is 2.23. The second kappa shape index (κ2) is 7.13. The Bertz CT molecular complexity index is 706. The fraction of sp³-hybridized carbons (Fsp3) is 0.562. The first-order valence-corrected chi connectivity index (χ1v) is 9.50. The average molecular weight is 325 g/mol. The molecule has 1 heterocycles. The smallest absolute Gasteiger partial charge is 0.284 e. The number of aromatic nitrogens is 1. The van der Waals surface area contributed by atoms with Gasteiger partial charge in [-0.25, -0.2) is 0 Å². The van der Waals surface area contributed by atoms with Crippen molar-refractivity contribution in [1.82, 2.24) is 4.73 Å². The van der Waals surface area contributed by atoms with Crippen molar-refractivity contribution >= 4 is 16.2 Å². The molecule has 1 fully saturated rings. The average Bonchev–Trinajstić information content (AvgIpc) is 2.35. The van der Waals surface area contributed by atoms with E-state index < -0.39 is 15.7 Å². The Morgan fingerprint density at radius 2 is 1.68 bits per heavy atom. The standard InChI is InChI=1S/C16H23NO4S/c1-13-10-15(12-14-8-6-4-3-5-7-9-14)17(16(18)11-13)21-22(2,19)20/h10-12H,3-9H2,1-2H3.